The average molecular weight is 263 g/mol. The number of hydrogen-bond donors (Lipinski definition) is 1. The van der Waals surface area contributed by atoms with E-state index in [1.807, 2.05) is 0 Å². The number of ether oxygens (including phenoxy) is 1. The molecule has 1 heterocycles. The molecule has 0 radical (unpaired) electrons. The first kappa shape index (κ1) is 12.7. The minimum absolute atomic E-state index is 0.101. The number of halogens is 3. The van der Waals surface area contributed by atoms with E-state index in [1.165, 1.54) is 12.1 Å². The molecule has 1 aromatic rings. The molecular formula is C11H12F3NOS. The van der Waals surface area contributed by atoms with Gasteiger partial charge in [-0.25, -0.2) is 0 Å². The van der Waals surface area contributed by atoms with Crippen molar-refractivity contribution in [2.24, 2.45) is 0 Å². The Morgan fingerprint density at radius 3 is 2.35 bits per heavy atom. The van der Waals surface area contributed by atoms with Gasteiger partial charge < -0.3 is 10.1 Å². The van der Waals surface area contributed by atoms with E-state index in [1.54, 1.807) is 12.1 Å². The molecule has 0 atom stereocenters. The molecule has 0 saturated carbocycles. The highest BCUT2D eigenvalue weighted by atomic mass is 32.2. The Balaban J connectivity index is 1.84. The number of benzene rings is 1. The highest BCUT2D eigenvalue weighted by Gasteiger charge is 2.29. The van der Waals surface area contributed by atoms with Crippen LogP contribution in [0.25, 0.3) is 0 Å². The fourth-order valence-corrected chi connectivity index (χ4v) is 1.92. The Morgan fingerprint density at radius 2 is 1.88 bits per heavy atom. The molecular weight excluding hydrogens is 251 g/mol. The molecule has 0 bridgehead atoms. The van der Waals surface area contributed by atoms with Crippen molar-refractivity contribution >= 4 is 11.8 Å². The third kappa shape index (κ3) is 4.22. The maximum absolute atomic E-state index is 12.1. The number of alkyl halides is 3. The molecule has 94 valence electrons. The summed E-state index contributed by atoms with van der Waals surface area (Å²) in [6.07, 6.45) is 0.235. The maximum atomic E-state index is 12.1. The van der Waals surface area contributed by atoms with Crippen molar-refractivity contribution in [3.63, 3.8) is 0 Å². The summed E-state index contributed by atoms with van der Waals surface area (Å²) < 4.78 is 41.8. The molecule has 0 spiro atoms. The lowest BCUT2D eigenvalue weighted by Crippen LogP contribution is -2.48. The van der Waals surface area contributed by atoms with Crippen LogP contribution in [0.1, 0.15) is 5.56 Å². The molecule has 2 nitrogen and oxygen atoms in total. The topological polar surface area (TPSA) is 21.3 Å². The van der Waals surface area contributed by atoms with E-state index >= 15 is 0 Å². The molecule has 1 N–H and O–H groups in total. The molecule has 0 amide bonds. The van der Waals surface area contributed by atoms with Gasteiger partial charge in [0.2, 0.25) is 0 Å². The molecule has 0 aromatic heterocycles. The van der Waals surface area contributed by atoms with Crippen LogP contribution in [0.4, 0.5) is 13.2 Å². The molecule has 0 aliphatic carbocycles. The fourth-order valence-electron chi connectivity index (χ4n) is 1.38. The lowest BCUT2D eigenvalue weighted by atomic mass is 10.2. The molecule has 6 heteroatoms. The summed E-state index contributed by atoms with van der Waals surface area (Å²) in [5, 5.41) is 3.08. The Labute approximate surface area is 102 Å². The predicted molar refractivity (Wildman–Crippen MR) is 59.8 cm³/mol. The summed E-state index contributed by atoms with van der Waals surface area (Å²) in [6.45, 7) is 2.15. The Bertz CT molecular complexity index is 362. The monoisotopic (exact) mass is 263 g/mol. The molecule has 17 heavy (non-hydrogen) atoms. The normalized spacial score (nSPS) is 16.9. The van der Waals surface area contributed by atoms with Crippen LogP contribution in [0.3, 0.4) is 0 Å². The fraction of sp³-hybridized carbons (Fsp3) is 0.455. The number of rotatable bonds is 4. The first-order valence-corrected chi connectivity index (χ1v) is 6.01. The second kappa shape index (κ2) is 5.29. The van der Waals surface area contributed by atoms with Crippen molar-refractivity contribution < 1.29 is 17.9 Å². The molecule has 1 saturated heterocycles. The number of hydrogen-bond acceptors (Lipinski definition) is 3. The van der Waals surface area contributed by atoms with Gasteiger partial charge in [-0.3, -0.25) is 0 Å². The van der Waals surface area contributed by atoms with E-state index in [-0.39, 0.29) is 22.8 Å². The largest absolute Gasteiger partial charge is 0.446 e. The zero-order valence-electron chi connectivity index (χ0n) is 8.96. The lowest BCUT2D eigenvalue weighted by molar-refractivity contribution is -0.0328. The van der Waals surface area contributed by atoms with E-state index < -0.39 is 5.51 Å². The van der Waals surface area contributed by atoms with Crippen LogP contribution in [-0.4, -0.2) is 24.7 Å². The zero-order chi connectivity index (χ0) is 12.3. The van der Waals surface area contributed by atoms with Gasteiger partial charge >= 0.3 is 5.51 Å². The number of nitrogens with one attached hydrogen (secondary N) is 1. The van der Waals surface area contributed by atoms with Crippen LogP contribution in [0, 0.1) is 0 Å². The van der Waals surface area contributed by atoms with Gasteiger partial charge in [-0.1, -0.05) is 12.1 Å². The summed E-state index contributed by atoms with van der Waals surface area (Å²) in [4.78, 5) is 0.201. The SMILES string of the molecule is FC(F)(F)Sc1ccc(COC2CNC2)cc1. The van der Waals surface area contributed by atoms with Gasteiger partial charge in [0.15, 0.2) is 0 Å². The van der Waals surface area contributed by atoms with E-state index in [0.717, 1.165) is 18.7 Å². The summed E-state index contributed by atoms with van der Waals surface area (Å²) in [5.41, 5.74) is -3.33. The summed E-state index contributed by atoms with van der Waals surface area (Å²) in [6, 6.07) is 6.27. The minimum Gasteiger partial charge on any atom is -0.371 e. The van der Waals surface area contributed by atoms with E-state index in [4.69, 9.17) is 4.74 Å². The van der Waals surface area contributed by atoms with E-state index in [9.17, 15) is 13.2 Å². The number of thioether (sulfide) groups is 1. The highest BCUT2D eigenvalue weighted by Crippen LogP contribution is 2.36. The quantitative estimate of drug-likeness (QED) is 0.844. The van der Waals surface area contributed by atoms with Gasteiger partial charge in [0.25, 0.3) is 0 Å². The molecule has 1 fully saturated rings. The summed E-state index contributed by atoms with van der Waals surface area (Å²) >= 11 is -0.101. The zero-order valence-corrected chi connectivity index (χ0v) is 9.77. The van der Waals surface area contributed by atoms with Crippen molar-refractivity contribution in [3.8, 4) is 0 Å². The van der Waals surface area contributed by atoms with Crippen LogP contribution in [0.2, 0.25) is 0 Å². The van der Waals surface area contributed by atoms with Crippen molar-refractivity contribution in [3.05, 3.63) is 29.8 Å². The van der Waals surface area contributed by atoms with Crippen molar-refractivity contribution in [1.29, 1.82) is 0 Å². The van der Waals surface area contributed by atoms with Crippen molar-refractivity contribution in [2.45, 2.75) is 23.1 Å². The molecule has 1 aromatic carbocycles. The molecule has 1 aliphatic heterocycles. The first-order chi connectivity index (χ1) is 8.03. The minimum atomic E-state index is -4.23. The Hall–Kier alpha value is -0.720. The van der Waals surface area contributed by atoms with Gasteiger partial charge in [-0.2, -0.15) is 13.2 Å². The van der Waals surface area contributed by atoms with Crippen LogP contribution in [-0.2, 0) is 11.3 Å². The summed E-state index contributed by atoms with van der Waals surface area (Å²) in [5.74, 6) is 0. The van der Waals surface area contributed by atoms with Crippen LogP contribution < -0.4 is 5.32 Å². The average Bonchev–Trinajstić information content (AvgIpc) is 2.16. The van der Waals surface area contributed by atoms with Gasteiger partial charge in [-0.15, -0.1) is 0 Å². The lowest BCUT2D eigenvalue weighted by Gasteiger charge is -2.27. The van der Waals surface area contributed by atoms with Gasteiger partial charge in [0.05, 0.1) is 12.7 Å². The Morgan fingerprint density at radius 1 is 1.24 bits per heavy atom. The van der Waals surface area contributed by atoms with Crippen molar-refractivity contribution in [2.75, 3.05) is 13.1 Å². The smallest absolute Gasteiger partial charge is 0.371 e. The van der Waals surface area contributed by atoms with E-state index in [2.05, 4.69) is 5.32 Å². The summed E-state index contributed by atoms with van der Waals surface area (Å²) in [7, 11) is 0. The van der Waals surface area contributed by atoms with Gasteiger partial charge in [0.1, 0.15) is 0 Å². The van der Waals surface area contributed by atoms with Gasteiger partial charge in [-0.05, 0) is 29.5 Å². The van der Waals surface area contributed by atoms with Crippen LogP contribution in [0.5, 0.6) is 0 Å². The van der Waals surface area contributed by atoms with Crippen molar-refractivity contribution in [1.82, 2.24) is 5.32 Å². The molecule has 0 unspecified atom stereocenters. The van der Waals surface area contributed by atoms with Crippen LogP contribution >= 0.6 is 11.8 Å². The second-order valence-corrected chi connectivity index (χ2v) is 4.92. The first-order valence-electron chi connectivity index (χ1n) is 5.20. The predicted octanol–water partition coefficient (Wildman–Crippen LogP) is 2.79. The third-order valence-corrected chi connectivity index (χ3v) is 3.13. The highest BCUT2D eigenvalue weighted by molar-refractivity contribution is 8.00. The van der Waals surface area contributed by atoms with E-state index in [0.29, 0.717) is 6.61 Å². The molecule has 2 rings (SSSR count). The standard InChI is InChI=1S/C11H12F3NOS/c12-11(13,14)17-10-3-1-8(2-4-10)7-16-9-5-15-6-9/h1-4,9,15H,5-7H2. The third-order valence-electron chi connectivity index (χ3n) is 2.39. The van der Waals surface area contributed by atoms with Crippen LogP contribution in [0.15, 0.2) is 29.2 Å². The molecule has 1 aliphatic rings. The maximum Gasteiger partial charge on any atom is 0.446 e. The Kier molecular flexibility index (Phi) is 3.96. The van der Waals surface area contributed by atoms with Gasteiger partial charge in [0, 0.05) is 18.0 Å². The second-order valence-electron chi connectivity index (χ2n) is 3.78.